The Bertz CT molecular complexity index is 265. The van der Waals surface area contributed by atoms with Crippen molar-refractivity contribution < 1.29 is 13.2 Å². The Balaban J connectivity index is 4.51. The van der Waals surface area contributed by atoms with Crippen LogP contribution in [0, 0.1) is 5.41 Å². The number of alkyl halides is 3. The fourth-order valence-electron chi connectivity index (χ4n) is 2.20. The summed E-state index contributed by atoms with van der Waals surface area (Å²) in [6.45, 7) is 12.2. The van der Waals surface area contributed by atoms with Crippen LogP contribution in [0.15, 0.2) is 0 Å². The van der Waals surface area contributed by atoms with Gasteiger partial charge < -0.3 is 10.2 Å². The molecular weight excluding hydrogens is 265 g/mol. The first-order chi connectivity index (χ1) is 8.93. The van der Waals surface area contributed by atoms with Gasteiger partial charge in [-0.1, -0.05) is 13.8 Å². The van der Waals surface area contributed by atoms with Gasteiger partial charge in [-0.05, 0) is 46.1 Å². The summed E-state index contributed by atoms with van der Waals surface area (Å²) in [5.74, 6) is 0. The molecule has 0 atom stereocenters. The third-order valence-electron chi connectivity index (χ3n) is 3.88. The van der Waals surface area contributed by atoms with Crippen molar-refractivity contribution in [1.82, 2.24) is 10.2 Å². The van der Waals surface area contributed by atoms with Crippen LogP contribution in [0.5, 0.6) is 0 Å². The SMILES string of the molecule is CCC(CC)(CNC(C)(C)C)CN(C)CCC(F)(F)F. The largest absolute Gasteiger partial charge is 0.390 e. The van der Waals surface area contributed by atoms with E-state index in [-0.39, 0.29) is 17.5 Å². The lowest BCUT2D eigenvalue weighted by atomic mass is 9.81. The molecule has 2 nitrogen and oxygen atoms in total. The first kappa shape index (κ1) is 19.7. The first-order valence-corrected chi connectivity index (χ1v) is 7.43. The van der Waals surface area contributed by atoms with Gasteiger partial charge in [0.2, 0.25) is 0 Å². The summed E-state index contributed by atoms with van der Waals surface area (Å²) in [5, 5.41) is 3.49. The lowest BCUT2D eigenvalue weighted by molar-refractivity contribution is -0.138. The molecule has 0 aromatic heterocycles. The molecule has 0 aromatic carbocycles. The lowest BCUT2D eigenvalue weighted by Crippen LogP contribution is -2.48. The maximum absolute atomic E-state index is 12.3. The van der Waals surface area contributed by atoms with Crippen LogP contribution in [0.3, 0.4) is 0 Å². The third-order valence-corrected chi connectivity index (χ3v) is 3.88. The van der Waals surface area contributed by atoms with E-state index in [4.69, 9.17) is 0 Å². The van der Waals surface area contributed by atoms with E-state index in [1.54, 1.807) is 7.05 Å². The molecule has 0 unspecified atom stereocenters. The normalized spacial score (nSPS) is 14.1. The Labute approximate surface area is 122 Å². The fourth-order valence-corrected chi connectivity index (χ4v) is 2.20. The van der Waals surface area contributed by atoms with Crippen LogP contribution >= 0.6 is 0 Å². The fraction of sp³-hybridized carbons (Fsp3) is 1.00. The Hall–Kier alpha value is -0.290. The second-order valence-electron chi connectivity index (χ2n) is 6.91. The molecule has 0 saturated carbocycles. The molecule has 0 fully saturated rings. The van der Waals surface area contributed by atoms with Gasteiger partial charge in [0.05, 0.1) is 6.42 Å². The molecule has 5 heteroatoms. The van der Waals surface area contributed by atoms with E-state index in [2.05, 4.69) is 39.9 Å². The number of nitrogens with one attached hydrogen (secondary N) is 1. The molecule has 1 N–H and O–H groups in total. The lowest BCUT2D eigenvalue weighted by Gasteiger charge is -2.38. The highest BCUT2D eigenvalue weighted by Gasteiger charge is 2.31. The average molecular weight is 296 g/mol. The zero-order chi connectivity index (χ0) is 16.0. The standard InChI is InChI=1S/C15H31F3N2/c1-7-14(8-2,11-19-13(3,4)5)12-20(6)10-9-15(16,17)18/h19H,7-12H2,1-6H3. The summed E-state index contributed by atoms with van der Waals surface area (Å²) in [6.07, 6.45) is -2.88. The van der Waals surface area contributed by atoms with Crippen molar-refractivity contribution in [2.75, 3.05) is 26.7 Å². The van der Waals surface area contributed by atoms with Gasteiger partial charge in [-0.25, -0.2) is 0 Å². The molecule has 0 amide bonds. The van der Waals surface area contributed by atoms with Gasteiger partial charge in [0.25, 0.3) is 0 Å². The predicted molar refractivity (Wildman–Crippen MR) is 78.9 cm³/mol. The van der Waals surface area contributed by atoms with Crippen molar-refractivity contribution in [3.05, 3.63) is 0 Å². The van der Waals surface area contributed by atoms with E-state index >= 15 is 0 Å². The maximum atomic E-state index is 12.3. The Morgan fingerprint density at radius 2 is 1.50 bits per heavy atom. The van der Waals surface area contributed by atoms with Gasteiger partial charge in [-0.15, -0.1) is 0 Å². The molecule has 0 aromatic rings. The summed E-state index contributed by atoms with van der Waals surface area (Å²) in [4.78, 5) is 1.81. The van der Waals surface area contributed by atoms with Crippen LogP contribution in [0.4, 0.5) is 13.2 Å². The smallest absolute Gasteiger partial charge is 0.311 e. The van der Waals surface area contributed by atoms with E-state index in [1.807, 2.05) is 4.90 Å². The number of halogens is 3. The van der Waals surface area contributed by atoms with E-state index < -0.39 is 12.6 Å². The molecule has 0 aliphatic carbocycles. The van der Waals surface area contributed by atoms with Crippen LogP contribution in [0.2, 0.25) is 0 Å². The molecule has 0 rings (SSSR count). The molecular formula is C15H31F3N2. The second kappa shape index (κ2) is 7.64. The maximum Gasteiger partial charge on any atom is 0.390 e. The summed E-state index contributed by atoms with van der Waals surface area (Å²) in [7, 11) is 1.78. The van der Waals surface area contributed by atoms with E-state index in [0.29, 0.717) is 6.54 Å². The minimum Gasteiger partial charge on any atom is -0.311 e. The Kier molecular flexibility index (Phi) is 7.53. The summed E-state index contributed by atoms with van der Waals surface area (Å²) < 4.78 is 36.8. The van der Waals surface area contributed by atoms with Crippen LogP contribution in [0.25, 0.3) is 0 Å². The Morgan fingerprint density at radius 1 is 1.00 bits per heavy atom. The quantitative estimate of drug-likeness (QED) is 0.726. The average Bonchev–Trinajstić information content (AvgIpc) is 2.30. The van der Waals surface area contributed by atoms with Gasteiger partial charge in [0.1, 0.15) is 0 Å². The summed E-state index contributed by atoms with van der Waals surface area (Å²) in [5.41, 5.74) is 0.0633. The molecule has 0 heterocycles. The first-order valence-electron chi connectivity index (χ1n) is 7.43. The molecule has 0 aliphatic heterocycles. The number of hydrogen-bond acceptors (Lipinski definition) is 2. The second-order valence-corrected chi connectivity index (χ2v) is 6.91. The van der Waals surface area contributed by atoms with Crippen molar-refractivity contribution in [3.63, 3.8) is 0 Å². The van der Waals surface area contributed by atoms with Crippen LogP contribution in [-0.4, -0.2) is 43.3 Å². The summed E-state index contributed by atoms with van der Waals surface area (Å²) >= 11 is 0. The number of hydrogen-bond donors (Lipinski definition) is 1. The van der Waals surface area contributed by atoms with Gasteiger partial charge in [-0.3, -0.25) is 0 Å². The highest BCUT2D eigenvalue weighted by molar-refractivity contribution is 4.85. The van der Waals surface area contributed by atoms with Gasteiger partial charge in [0, 0.05) is 25.2 Å². The van der Waals surface area contributed by atoms with Crippen molar-refractivity contribution >= 4 is 0 Å². The molecule has 20 heavy (non-hydrogen) atoms. The number of rotatable bonds is 8. The monoisotopic (exact) mass is 296 g/mol. The van der Waals surface area contributed by atoms with E-state index in [1.165, 1.54) is 0 Å². The zero-order valence-electron chi connectivity index (χ0n) is 13.8. The van der Waals surface area contributed by atoms with Crippen LogP contribution in [-0.2, 0) is 0 Å². The number of nitrogens with zero attached hydrogens (tertiary/aromatic N) is 1. The van der Waals surface area contributed by atoms with Crippen molar-refractivity contribution in [1.29, 1.82) is 0 Å². The molecule has 0 saturated heterocycles. The van der Waals surface area contributed by atoms with Gasteiger partial charge in [0.15, 0.2) is 0 Å². The molecule has 0 aliphatic rings. The highest BCUT2D eigenvalue weighted by Crippen LogP contribution is 2.28. The third kappa shape index (κ3) is 8.80. The molecule has 0 bridgehead atoms. The minimum atomic E-state index is -4.07. The zero-order valence-corrected chi connectivity index (χ0v) is 13.8. The predicted octanol–water partition coefficient (Wildman–Crippen LogP) is 4.07. The van der Waals surface area contributed by atoms with E-state index in [0.717, 1.165) is 19.4 Å². The minimum absolute atomic E-state index is 0.0279. The van der Waals surface area contributed by atoms with Gasteiger partial charge in [-0.2, -0.15) is 13.2 Å². The van der Waals surface area contributed by atoms with Crippen LogP contribution < -0.4 is 5.32 Å². The van der Waals surface area contributed by atoms with Gasteiger partial charge >= 0.3 is 6.18 Å². The molecule has 0 spiro atoms. The van der Waals surface area contributed by atoms with E-state index in [9.17, 15) is 13.2 Å². The van der Waals surface area contributed by atoms with Crippen molar-refractivity contribution in [2.24, 2.45) is 5.41 Å². The molecule has 122 valence electrons. The molecule has 0 radical (unpaired) electrons. The van der Waals surface area contributed by atoms with Crippen LogP contribution in [0.1, 0.15) is 53.9 Å². The summed E-state index contributed by atoms with van der Waals surface area (Å²) in [6, 6.07) is 0. The Morgan fingerprint density at radius 3 is 1.85 bits per heavy atom. The van der Waals surface area contributed by atoms with Crippen molar-refractivity contribution in [3.8, 4) is 0 Å². The highest BCUT2D eigenvalue weighted by atomic mass is 19.4. The topological polar surface area (TPSA) is 15.3 Å². The van der Waals surface area contributed by atoms with Crippen molar-refractivity contribution in [2.45, 2.75) is 65.6 Å².